The summed E-state index contributed by atoms with van der Waals surface area (Å²) in [4.78, 5) is 16.5. The first kappa shape index (κ1) is 15.0. The monoisotopic (exact) mass is 306 g/mol. The maximum Gasteiger partial charge on any atom is 0.262 e. The lowest BCUT2D eigenvalue weighted by Crippen LogP contribution is -2.20. The molecule has 0 aliphatic heterocycles. The van der Waals surface area contributed by atoms with E-state index in [0.717, 1.165) is 22.2 Å². The van der Waals surface area contributed by atoms with Crippen molar-refractivity contribution >= 4 is 22.5 Å². The van der Waals surface area contributed by atoms with Crippen molar-refractivity contribution in [2.75, 3.05) is 11.9 Å². The number of pyridine rings is 1. The summed E-state index contributed by atoms with van der Waals surface area (Å²) in [6.07, 6.45) is 1.71. The molecule has 4 nitrogen and oxygen atoms in total. The number of para-hydroxylation sites is 1. The lowest BCUT2D eigenvalue weighted by molar-refractivity contribution is -0.118. The van der Waals surface area contributed by atoms with Gasteiger partial charge in [0.05, 0.1) is 11.2 Å². The predicted molar refractivity (Wildman–Crippen MR) is 91.8 cm³/mol. The summed E-state index contributed by atoms with van der Waals surface area (Å²) < 4.78 is 5.61. The van der Waals surface area contributed by atoms with Crippen LogP contribution in [-0.4, -0.2) is 17.5 Å². The van der Waals surface area contributed by atoms with Crippen molar-refractivity contribution in [3.63, 3.8) is 0 Å². The summed E-state index contributed by atoms with van der Waals surface area (Å²) >= 11 is 0. The molecule has 1 amide bonds. The molecule has 0 fully saturated rings. The lowest BCUT2D eigenvalue weighted by Gasteiger charge is -2.11. The van der Waals surface area contributed by atoms with E-state index in [-0.39, 0.29) is 12.5 Å². The van der Waals surface area contributed by atoms with Crippen LogP contribution in [0.15, 0.2) is 54.7 Å². The first-order chi connectivity index (χ1) is 11.1. The van der Waals surface area contributed by atoms with Crippen LogP contribution in [0.1, 0.15) is 11.1 Å². The second-order valence-electron chi connectivity index (χ2n) is 5.49. The number of aromatic nitrogens is 1. The van der Waals surface area contributed by atoms with Crippen molar-refractivity contribution < 1.29 is 9.53 Å². The molecule has 0 radical (unpaired) electrons. The Morgan fingerprint density at radius 2 is 1.96 bits per heavy atom. The van der Waals surface area contributed by atoms with Gasteiger partial charge in [-0.1, -0.05) is 35.9 Å². The Hall–Kier alpha value is -2.88. The summed E-state index contributed by atoms with van der Waals surface area (Å²) in [5.41, 5.74) is 3.65. The van der Waals surface area contributed by atoms with Gasteiger partial charge in [0, 0.05) is 11.6 Å². The topological polar surface area (TPSA) is 51.2 Å². The number of carbonyl (C=O) groups excluding carboxylic acids is 1. The third-order valence-electron chi connectivity index (χ3n) is 3.60. The maximum absolute atomic E-state index is 12.1. The lowest BCUT2D eigenvalue weighted by atomic mass is 10.1. The molecule has 23 heavy (non-hydrogen) atoms. The van der Waals surface area contributed by atoms with Gasteiger partial charge in [0.15, 0.2) is 6.61 Å². The van der Waals surface area contributed by atoms with Crippen LogP contribution in [0, 0.1) is 13.8 Å². The molecule has 0 unspecified atom stereocenters. The van der Waals surface area contributed by atoms with Gasteiger partial charge >= 0.3 is 0 Å². The summed E-state index contributed by atoms with van der Waals surface area (Å²) in [5.74, 6) is 0.518. The molecule has 1 aromatic heterocycles. The van der Waals surface area contributed by atoms with Gasteiger partial charge in [-0.3, -0.25) is 9.78 Å². The number of hydrogen-bond acceptors (Lipinski definition) is 3. The van der Waals surface area contributed by atoms with Gasteiger partial charge < -0.3 is 10.1 Å². The summed E-state index contributed by atoms with van der Waals surface area (Å²) in [7, 11) is 0. The fraction of sp³-hybridized carbons (Fsp3) is 0.158. The molecule has 1 heterocycles. The van der Waals surface area contributed by atoms with Gasteiger partial charge in [0.1, 0.15) is 5.75 Å². The Balaban J connectivity index is 1.69. The Bertz CT molecular complexity index is 854. The minimum Gasteiger partial charge on any atom is -0.483 e. The van der Waals surface area contributed by atoms with Crippen molar-refractivity contribution in [3.8, 4) is 5.75 Å². The predicted octanol–water partition coefficient (Wildman–Crippen LogP) is 3.87. The third kappa shape index (κ3) is 3.48. The first-order valence-electron chi connectivity index (χ1n) is 7.47. The molecule has 0 saturated heterocycles. The maximum atomic E-state index is 12.1. The third-order valence-corrected chi connectivity index (χ3v) is 3.60. The van der Waals surface area contributed by atoms with Crippen molar-refractivity contribution in [2.24, 2.45) is 0 Å². The summed E-state index contributed by atoms with van der Waals surface area (Å²) in [6, 6.07) is 15.4. The summed E-state index contributed by atoms with van der Waals surface area (Å²) in [5, 5.41) is 3.85. The average molecular weight is 306 g/mol. The summed E-state index contributed by atoms with van der Waals surface area (Å²) in [6.45, 7) is 3.96. The molecule has 4 heteroatoms. The quantitative estimate of drug-likeness (QED) is 0.796. The highest BCUT2D eigenvalue weighted by atomic mass is 16.5. The fourth-order valence-corrected chi connectivity index (χ4v) is 2.50. The highest BCUT2D eigenvalue weighted by Crippen LogP contribution is 2.21. The number of amides is 1. The van der Waals surface area contributed by atoms with Gasteiger partial charge in [-0.2, -0.15) is 0 Å². The minimum atomic E-state index is -0.205. The van der Waals surface area contributed by atoms with Crippen LogP contribution < -0.4 is 10.1 Å². The zero-order valence-electron chi connectivity index (χ0n) is 13.2. The standard InChI is InChI=1S/C19H18N2O2/c1-13-8-9-17(14(2)11-13)23-12-18(22)21-16-7-3-5-15-6-4-10-20-19(15)16/h3-11H,12H2,1-2H3,(H,21,22). The molecular formula is C19H18N2O2. The molecule has 3 aromatic rings. The Morgan fingerprint density at radius 1 is 1.13 bits per heavy atom. The molecule has 116 valence electrons. The van der Waals surface area contributed by atoms with Gasteiger partial charge in [-0.25, -0.2) is 0 Å². The molecule has 0 bridgehead atoms. The fourth-order valence-electron chi connectivity index (χ4n) is 2.50. The van der Waals surface area contributed by atoms with Crippen LogP contribution in [0.4, 0.5) is 5.69 Å². The second kappa shape index (κ2) is 6.48. The molecular weight excluding hydrogens is 288 g/mol. The van der Waals surface area contributed by atoms with E-state index in [1.165, 1.54) is 5.56 Å². The van der Waals surface area contributed by atoms with Crippen molar-refractivity contribution in [1.29, 1.82) is 0 Å². The minimum absolute atomic E-state index is 0.0346. The average Bonchev–Trinajstić information content (AvgIpc) is 2.54. The van der Waals surface area contributed by atoms with Crippen LogP contribution in [0.25, 0.3) is 10.9 Å². The van der Waals surface area contributed by atoms with E-state index >= 15 is 0 Å². The Kier molecular flexibility index (Phi) is 4.24. The number of rotatable bonds is 4. The zero-order chi connectivity index (χ0) is 16.2. The van der Waals surface area contributed by atoms with E-state index in [0.29, 0.717) is 5.69 Å². The van der Waals surface area contributed by atoms with Crippen LogP contribution in [0.5, 0.6) is 5.75 Å². The number of fused-ring (bicyclic) bond motifs is 1. The van der Waals surface area contributed by atoms with E-state index < -0.39 is 0 Å². The molecule has 0 atom stereocenters. The highest BCUT2D eigenvalue weighted by Gasteiger charge is 2.08. The largest absolute Gasteiger partial charge is 0.483 e. The van der Waals surface area contributed by atoms with Crippen LogP contribution in [-0.2, 0) is 4.79 Å². The molecule has 0 aliphatic rings. The number of ether oxygens (including phenoxy) is 1. The van der Waals surface area contributed by atoms with Crippen LogP contribution >= 0.6 is 0 Å². The van der Waals surface area contributed by atoms with Gasteiger partial charge in [-0.05, 0) is 37.6 Å². The molecule has 3 rings (SSSR count). The van der Waals surface area contributed by atoms with E-state index in [9.17, 15) is 4.79 Å². The molecule has 2 aromatic carbocycles. The second-order valence-corrected chi connectivity index (χ2v) is 5.49. The number of nitrogens with one attached hydrogen (secondary N) is 1. The van der Waals surface area contributed by atoms with E-state index in [2.05, 4.69) is 10.3 Å². The first-order valence-corrected chi connectivity index (χ1v) is 7.47. The Labute approximate surface area is 135 Å². The molecule has 0 aliphatic carbocycles. The number of hydrogen-bond donors (Lipinski definition) is 1. The molecule has 0 spiro atoms. The van der Waals surface area contributed by atoms with E-state index in [1.54, 1.807) is 6.20 Å². The van der Waals surface area contributed by atoms with Crippen LogP contribution in [0.3, 0.4) is 0 Å². The van der Waals surface area contributed by atoms with Crippen molar-refractivity contribution in [3.05, 3.63) is 65.9 Å². The van der Waals surface area contributed by atoms with E-state index in [1.807, 2.05) is 62.4 Å². The van der Waals surface area contributed by atoms with Gasteiger partial charge in [-0.15, -0.1) is 0 Å². The normalized spacial score (nSPS) is 10.5. The number of anilines is 1. The van der Waals surface area contributed by atoms with Crippen molar-refractivity contribution in [1.82, 2.24) is 4.98 Å². The van der Waals surface area contributed by atoms with Crippen molar-refractivity contribution in [2.45, 2.75) is 13.8 Å². The number of benzene rings is 2. The highest BCUT2D eigenvalue weighted by molar-refractivity contribution is 6.00. The molecule has 0 saturated carbocycles. The molecule has 1 N–H and O–H groups in total. The van der Waals surface area contributed by atoms with Crippen LogP contribution in [0.2, 0.25) is 0 Å². The van der Waals surface area contributed by atoms with E-state index in [4.69, 9.17) is 4.74 Å². The number of nitrogens with zero attached hydrogens (tertiary/aromatic N) is 1. The zero-order valence-corrected chi connectivity index (χ0v) is 13.2. The number of aryl methyl sites for hydroxylation is 2. The van der Waals surface area contributed by atoms with Gasteiger partial charge in [0.2, 0.25) is 0 Å². The Morgan fingerprint density at radius 3 is 2.78 bits per heavy atom. The van der Waals surface area contributed by atoms with Gasteiger partial charge in [0.25, 0.3) is 5.91 Å². The number of carbonyl (C=O) groups is 1. The SMILES string of the molecule is Cc1ccc(OCC(=O)Nc2cccc3cccnc23)c(C)c1. The smallest absolute Gasteiger partial charge is 0.262 e.